The molecule has 0 amide bonds. The topological polar surface area (TPSA) is 24.5 Å². The Morgan fingerprint density at radius 3 is 2.55 bits per heavy atom. The number of hydrogen-bond acceptors (Lipinski definition) is 3. The average Bonchev–Trinajstić information content (AvgIpc) is 2.46. The Labute approximate surface area is 136 Å². The van der Waals surface area contributed by atoms with Crippen molar-refractivity contribution in [3.63, 3.8) is 0 Å². The van der Waals surface area contributed by atoms with E-state index >= 15 is 0 Å². The van der Waals surface area contributed by atoms with E-state index in [1.807, 2.05) is 0 Å². The van der Waals surface area contributed by atoms with Crippen molar-refractivity contribution >= 4 is 5.69 Å². The van der Waals surface area contributed by atoms with Gasteiger partial charge in [-0.3, -0.25) is 0 Å². The van der Waals surface area contributed by atoms with Gasteiger partial charge in [0.05, 0.1) is 12.2 Å². The molecule has 2 rings (SSSR count). The van der Waals surface area contributed by atoms with E-state index < -0.39 is 0 Å². The highest BCUT2D eigenvalue weighted by molar-refractivity contribution is 5.60. The number of nitrogens with zero attached hydrogens (tertiary/aromatic N) is 1. The molecule has 1 N–H and O–H groups in total. The fraction of sp³-hybridized carbons (Fsp3) is 0.684. The highest BCUT2D eigenvalue weighted by atomic mass is 16.5. The molecule has 1 aromatic rings. The van der Waals surface area contributed by atoms with E-state index in [-0.39, 0.29) is 5.60 Å². The third-order valence-electron chi connectivity index (χ3n) is 4.31. The summed E-state index contributed by atoms with van der Waals surface area (Å²) in [5, 5.41) is 3.51. The molecule has 0 radical (unpaired) electrons. The van der Waals surface area contributed by atoms with Crippen LogP contribution in [-0.2, 0) is 6.42 Å². The van der Waals surface area contributed by atoms with Crippen molar-refractivity contribution in [3.05, 3.63) is 23.8 Å². The van der Waals surface area contributed by atoms with Gasteiger partial charge in [-0.05, 0) is 70.8 Å². The number of anilines is 1. The molecule has 0 bridgehead atoms. The summed E-state index contributed by atoms with van der Waals surface area (Å²) in [6.07, 6.45) is 3.54. The van der Waals surface area contributed by atoms with Gasteiger partial charge >= 0.3 is 0 Å². The van der Waals surface area contributed by atoms with Gasteiger partial charge in [0, 0.05) is 6.04 Å². The van der Waals surface area contributed by atoms with Crippen LogP contribution in [0.2, 0.25) is 0 Å². The zero-order valence-electron chi connectivity index (χ0n) is 14.9. The summed E-state index contributed by atoms with van der Waals surface area (Å²) in [4.78, 5) is 2.60. The van der Waals surface area contributed by atoms with E-state index in [0.717, 1.165) is 24.4 Å². The highest BCUT2D eigenvalue weighted by Crippen LogP contribution is 2.33. The first-order valence-electron chi connectivity index (χ1n) is 8.75. The molecule has 0 aromatic heterocycles. The predicted molar refractivity (Wildman–Crippen MR) is 95.0 cm³/mol. The molecule has 0 saturated heterocycles. The van der Waals surface area contributed by atoms with Crippen LogP contribution in [-0.4, -0.2) is 36.2 Å². The molecular weight excluding hydrogens is 272 g/mol. The molecule has 0 fully saturated rings. The van der Waals surface area contributed by atoms with Crippen LogP contribution in [0.4, 0.5) is 5.69 Å². The fourth-order valence-corrected chi connectivity index (χ4v) is 3.17. The Morgan fingerprint density at radius 2 is 1.91 bits per heavy atom. The lowest BCUT2D eigenvalue weighted by Gasteiger charge is -2.34. The second kappa shape index (κ2) is 7.36. The Balaban J connectivity index is 2.04. The van der Waals surface area contributed by atoms with Crippen LogP contribution in [0.3, 0.4) is 0 Å². The van der Waals surface area contributed by atoms with Crippen LogP contribution in [0.5, 0.6) is 5.75 Å². The number of hydrogen-bond donors (Lipinski definition) is 1. The molecule has 0 aliphatic carbocycles. The Morgan fingerprint density at radius 1 is 1.23 bits per heavy atom. The maximum Gasteiger partial charge on any atom is 0.143 e. The summed E-state index contributed by atoms with van der Waals surface area (Å²) in [7, 11) is 0. The summed E-state index contributed by atoms with van der Waals surface area (Å²) < 4.78 is 6.03. The minimum Gasteiger partial charge on any atom is -0.484 e. The number of fused-ring (bicyclic) bond motifs is 1. The molecule has 1 atom stereocenters. The normalized spacial score (nSPS) is 17.5. The molecule has 124 valence electrons. The van der Waals surface area contributed by atoms with Crippen LogP contribution >= 0.6 is 0 Å². The largest absolute Gasteiger partial charge is 0.484 e. The second-order valence-electron chi connectivity index (χ2n) is 7.13. The Bertz CT molecular complexity index is 478. The summed E-state index contributed by atoms with van der Waals surface area (Å²) in [6, 6.07) is 7.18. The SMILES string of the molecule is CCCN(CCC)C(C)Cc1ccc2c(c1)NCC(C)(C)O2. The van der Waals surface area contributed by atoms with E-state index in [0.29, 0.717) is 6.04 Å². The third kappa shape index (κ3) is 4.39. The Hall–Kier alpha value is -1.22. The molecule has 1 aliphatic rings. The zero-order valence-corrected chi connectivity index (χ0v) is 14.9. The smallest absolute Gasteiger partial charge is 0.143 e. The third-order valence-corrected chi connectivity index (χ3v) is 4.31. The first-order valence-corrected chi connectivity index (χ1v) is 8.75. The number of ether oxygens (including phenoxy) is 1. The molecular formula is C19H32N2O. The molecule has 3 heteroatoms. The summed E-state index contributed by atoms with van der Waals surface area (Å²) in [5.74, 6) is 0.978. The number of benzene rings is 1. The second-order valence-corrected chi connectivity index (χ2v) is 7.13. The highest BCUT2D eigenvalue weighted by Gasteiger charge is 2.26. The first-order chi connectivity index (χ1) is 10.4. The van der Waals surface area contributed by atoms with Gasteiger partial charge in [-0.15, -0.1) is 0 Å². The lowest BCUT2D eigenvalue weighted by molar-refractivity contribution is 0.116. The van der Waals surface area contributed by atoms with Crippen molar-refractivity contribution < 1.29 is 4.74 Å². The van der Waals surface area contributed by atoms with E-state index in [1.165, 1.54) is 31.5 Å². The van der Waals surface area contributed by atoms with Gasteiger partial charge in [0.1, 0.15) is 11.4 Å². The van der Waals surface area contributed by atoms with Gasteiger partial charge in [0.25, 0.3) is 0 Å². The summed E-state index contributed by atoms with van der Waals surface area (Å²) >= 11 is 0. The van der Waals surface area contributed by atoms with Crippen molar-refractivity contribution in [3.8, 4) is 5.75 Å². The fourth-order valence-electron chi connectivity index (χ4n) is 3.17. The van der Waals surface area contributed by atoms with Crippen molar-refractivity contribution in [2.75, 3.05) is 25.0 Å². The molecule has 1 aromatic carbocycles. The lowest BCUT2D eigenvalue weighted by Crippen LogP contribution is -2.40. The van der Waals surface area contributed by atoms with Gasteiger partial charge in [0.15, 0.2) is 0 Å². The average molecular weight is 304 g/mol. The number of nitrogens with one attached hydrogen (secondary N) is 1. The molecule has 0 spiro atoms. The van der Waals surface area contributed by atoms with Crippen molar-refractivity contribution in [1.82, 2.24) is 4.90 Å². The lowest BCUT2D eigenvalue weighted by atomic mass is 10.0. The van der Waals surface area contributed by atoms with Gasteiger partial charge in [-0.1, -0.05) is 19.9 Å². The molecule has 1 aliphatic heterocycles. The molecule has 1 unspecified atom stereocenters. The molecule has 1 heterocycles. The zero-order chi connectivity index (χ0) is 16.2. The van der Waals surface area contributed by atoms with E-state index in [4.69, 9.17) is 4.74 Å². The van der Waals surface area contributed by atoms with Crippen LogP contribution in [0.1, 0.15) is 53.0 Å². The quantitative estimate of drug-likeness (QED) is 0.812. The first kappa shape index (κ1) is 17.1. The standard InChI is InChI=1S/C19H32N2O/c1-6-10-21(11-7-2)15(3)12-16-8-9-18-17(13-16)20-14-19(4,5)22-18/h8-9,13,15,20H,6-7,10-12,14H2,1-5H3. The molecule has 0 saturated carbocycles. The van der Waals surface area contributed by atoms with Gasteiger partial charge in [0.2, 0.25) is 0 Å². The van der Waals surface area contributed by atoms with Crippen molar-refractivity contribution in [1.29, 1.82) is 0 Å². The molecule has 3 nitrogen and oxygen atoms in total. The summed E-state index contributed by atoms with van der Waals surface area (Å²) in [6.45, 7) is 14.3. The summed E-state index contributed by atoms with van der Waals surface area (Å²) in [5.41, 5.74) is 2.40. The predicted octanol–water partition coefficient (Wildman–Crippen LogP) is 4.32. The van der Waals surface area contributed by atoms with Crippen LogP contribution < -0.4 is 10.1 Å². The van der Waals surface area contributed by atoms with E-state index in [2.05, 4.69) is 63.0 Å². The van der Waals surface area contributed by atoms with Gasteiger partial charge < -0.3 is 15.0 Å². The van der Waals surface area contributed by atoms with Crippen LogP contribution in [0.25, 0.3) is 0 Å². The monoisotopic (exact) mass is 304 g/mol. The van der Waals surface area contributed by atoms with Crippen molar-refractivity contribution in [2.45, 2.75) is 65.5 Å². The minimum atomic E-state index is -0.124. The van der Waals surface area contributed by atoms with Crippen LogP contribution in [0.15, 0.2) is 18.2 Å². The van der Waals surface area contributed by atoms with Crippen LogP contribution in [0, 0.1) is 0 Å². The number of rotatable bonds is 7. The maximum absolute atomic E-state index is 6.03. The van der Waals surface area contributed by atoms with Gasteiger partial charge in [-0.25, -0.2) is 0 Å². The Kier molecular flexibility index (Phi) is 5.74. The van der Waals surface area contributed by atoms with E-state index in [1.54, 1.807) is 0 Å². The van der Waals surface area contributed by atoms with Crippen molar-refractivity contribution in [2.24, 2.45) is 0 Å². The molecule has 22 heavy (non-hydrogen) atoms. The van der Waals surface area contributed by atoms with Gasteiger partial charge in [-0.2, -0.15) is 0 Å². The van der Waals surface area contributed by atoms with E-state index in [9.17, 15) is 0 Å². The minimum absolute atomic E-state index is 0.124. The maximum atomic E-state index is 6.03.